The summed E-state index contributed by atoms with van der Waals surface area (Å²) in [5.41, 5.74) is -0.391. The zero-order valence-electron chi connectivity index (χ0n) is 19.8. The second-order valence-corrected chi connectivity index (χ2v) is 9.47. The number of methoxy groups -OCH3 is 1. The van der Waals surface area contributed by atoms with Crippen molar-refractivity contribution in [3.8, 4) is 0 Å². The molecule has 8 heteroatoms. The lowest BCUT2D eigenvalue weighted by Gasteiger charge is -2.33. The van der Waals surface area contributed by atoms with Crippen LogP contribution in [0.25, 0.3) is 0 Å². The van der Waals surface area contributed by atoms with Crippen LogP contribution in [0.15, 0.2) is 58.2 Å². The number of nitrogens with one attached hydrogen (secondary N) is 1. The highest BCUT2D eigenvalue weighted by Gasteiger charge is 2.32. The van der Waals surface area contributed by atoms with Gasteiger partial charge in [-0.15, -0.1) is 0 Å². The van der Waals surface area contributed by atoms with Crippen molar-refractivity contribution >= 4 is 0 Å². The average Bonchev–Trinajstić information content (AvgIpc) is 2.86. The Morgan fingerprint density at radius 2 is 1.89 bits per heavy atom. The topological polar surface area (TPSA) is 64.1 Å². The largest absolute Gasteiger partial charge is 0.416 e. The molecule has 188 valence electrons. The molecule has 35 heavy (non-hydrogen) atoms. The Morgan fingerprint density at radius 3 is 2.54 bits per heavy atom. The number of aromatic amines is 1. The first-order valence-corrected chi connectivity index (χ1v) is 12.1. The van der Waals surface area contributed by atoms with Gasteiger partial charge in [0, 0.05) is 24.8 Å². The molecule has 1 saturated carbocycles. The Balaban J connectivity index is 1.65. The van der Waals surface area contributed by atoms with Crippen LogP contribution in [-0.4, -0.2) is 23.3 Å². The van der Waals surface area contributed by atoms with Crippen molar-refractivity contribution in [2.24, 2.45) is 11.8 Å². The predicted molar refractivity (Wildman–Crippen MR) is 129 cm³/mol. The summed E-state index contributed by atoms with van der Waals surface area (Å²) in [6, 6.07) is 5.03. The number of benzene rings is 1. The van der Waals surface area contributed by atoms with Crippen molar-refractivity contribution in [3.05, 3.63) is 91.8 Å². The van der Waals surface area contributed by atoms with Gasteiger partial charge in [-0.1, -0.05) is 42.5 Å². The maximum Gasteiger partial charge on any atom is 0.416 e. The van der Waals surface area contributed by atoms with E-state index in [1.165, 1.54) is 13.2 Å². The predicted octanol–water partition coefficient (Wildman–Crippen LogP) is 5.20. The fourth-order valence-electron chi connectivity index (χ4n) is 5.38. The first-order chi connectivity index (χ1) is 16.8. The Kier molecular flexibility index (Phi) is 7.79. The Hall–Kier alpha value is -2.87. The molecule has 0 bridgehead atoms. The molecule has 4 rings (SSSR count). The van der Waals surface area contributed by atoms with Gasteiger partial charge in [0.15, 0.2) is 0 Å². The summed E-state index contributed by atoms with van der Waals surface area (Å²) in [6.07, 6.45) is 8.77. The molecule has 0 aliphatic heterocycles. The molecule has 2 aliphatic rings. The molecule has 0 amide bonds. The molecular formula is C27H31F3N2O3. The van der Waals surface area contributed by atoms with Gasteiger partial charge in [-0.25, -0.2) is 4.79 Å². The van der Waals surface area contributed by atoms with E-state index in [0.717, 1.165) is 48.8 Å². The van der Waals surface area contributed by atoms with Crippen LogP contribution in [0.4, 0.5) is 13.2 Å². The molecule has 0 spiro atoms. The van der Waals surface area contributed by atoms with E-state index in [4.69, 9.17) is 4.74 Å². The van der Waals surface area contributed by atoms with Gasteiger partial charge in [-0.3, -0.25) is 9.36 Å². The van der Waals surface area contributed by atoms with Crippen molar-refractivity contribution in [2.45, 2.75) is 57.2 Å². The summed E-state index contributed by atoms with van der Waals surface area (Å²) in [7, 11) is 1.48. The van der Waals surface area contributed by atoms with Gasteiger partial charge >= 0.3 is 11.9 Å². The van der Waals surface area contributed by atoms with Gasteiger partial charge in [0.05, 0.1) is 18.7 Å². The molecule has 1 aromatic heterocycles. The number of aromatic nitrogens is 2. The van der Waals surface area contributed by atoms with Crippen molar-refractivity contribution < 1.29 is 17.9 Å². The molecular weight excluding hydrogens is 457 g/mol. The number of nitrogens with zero attached hydrogens (tertiary/aromatic N) is 1. The second-order valence-electron chi connectivity index (χ2n) is 9.47. The highest BCUT2D eigenvalue weighted by molar-refractivity contribution is 5.33. The summed E-state index contributed by atoms with van der Waals surface area (Å²) >= 11 is 0. The molecule has 0 radical (unpaired) electrons. The van der Waals surface area contributed by atoms with E-state index in [1.807, 2.05) is 0 Å². The summed E-state index contributed by atoms with van der Waals surface area (Å²) in [5.74, 6) is 1.05. The van der Waals surface area contributed by atoms with Crippen LogP contribution in [0, 0.1) is 11.8 Å². The van der Waals surface area contributed by atoms with Gasteiger partial charge in [0.2, 0.25) is 0 Å². The van der Waals surface area contributed by atoms with Crippen molar-refractivity contribution in [3.63, 3.8) is 0 Å². The first kappa shape index (κ1) is 25.2. The van der Waals surface area contributed by atoms with Gasteiger partial charge in [0.1, 0.15) is 0 Å². The van der Waals surface area contributed by atoms with Crippen LogP contribution in [-0.2, 0) is 23.9 Å². The lowest BCUT2D eigenvalue weighted by molar-refractivity contribution is -0.137. The Morgan fingerprint density at radius 1 is 1.11 bits per heavy atom. The number of H-pyrrole nitrogens is 1. The van der Waals surface area contributed by atoms with Gasteiger partial charge < -0.3 is 9.72 Å². The molecule has 0 saturated heterocycles. The second kappa shape index (κ2) is 10.8. The third-order valence-electron chi connectivity index (χ3n) is 7.27. The number of alkyl halides is 3. The third kappa shape index (κ3) is 5.86. The number of halogens is 3. The van der Waals surface area contributed by atoms with E-state index in [1.54, 1.807) is 6.07 Å². The van der Waals surface area contributed by atoms with E-state index >= 15 is 0 Å². The van der Waals surface area contributed by atoms with Crippen LogP contribution in [0.1, 0.15) is 60.4 Å². The van der Waals surface area contributed by atoms with E-state index < -0.39 is 23.0 Å². The monoisotopic (exact) mass is 488 g/mol. The maximum atomic E-state index is 13.4. The number of rotatable bonds is 7. The van der Waals surface area contributed by atoms with E-state index in [0.29, 0.717) is 28.7 Å². The van der Waals surface area contributed by atoms with E-state index in [2.05, 4.69) is 29.3 Å². The van der Waals surface area contributed by atoms with Crippen LogP contribution >= 0.6 is 0 Å². The van der Waals surface area contributed by atoms with Crippen LogP contribution < -0.4 is 11.2 Å². The van der Waals surface area contributed by atoms with Crippen molar-refractivity contribution in [2.75, 3.05) is 13.7 Å². The third-order valence-corrected chi connectivity index (χ3v) is 7.27. The quantitative estimate of drug-likeness (QED) is 0.583. The minimum absolute atomic E-state index is 0.00682. The highest BCUT2D eigenvalue weighted by atomic mass is 19.4. The molecule has 1 fully saturated rings. The van der Waals surface area contributed by atoms with Gasteiger partial charge in [-0.2, -0.15) is 13.2 Å². The van der Waals surface area contributed by atoms with E-state index in [-0.39, 0.29) is 25.5 Å². The zero-order chi connectivity index (χ0) is 25.0. The summed E-state index contributed by atoms with van der Waals surface area (Å²) in [4.78, 5) is 29.1. The highest BCUT2D eigenvalue weighted by Crippen LogP contribution is 2.41. The molecule has 2 aliphatic carbocycles. The fourth-order valence-corrected chi connectivity index (χ4v) is 5.38. The Bertz CT molecular complexity index is 1200. The lowest BCUT2D eigenvalue weighted by Crippen LogP contribution is -2.40. The van der Waals surface area contributed by atoms with Gasteiger partial charge in [0.25, 0.3) is 5.56 Å². The average molecular weight is 489 g/mol. The molecule has 5 nitrogen and oxygen atoms in total. The molecule has 2 aromatic rings. The van der Waals surface area contributed by atoms with Crippen molar-refractivity contribution in [1.29, 1.82) is 0 Å². The smallest absolute Gasteiger partial charge is 0.383 e. The van der Waals surface area contributed by atoms with E-state index in [9.17, 15) is 22.8 Å². The number of ether oxygens (including phenoxy) is 1. The fraction of sp³-hybridized carbons (Fsp3) is 0.481. The zero-order valence-corrected chi connectivity index (χ0v) is 19.8. The molecule has 1 aromatic carbocycles. The summed E-state index contributed by atoms with van der Waals surface area (Å²) in [5, 5.41) is 0. The maximum absolute atomic E-state index is 13.4. The van der Waals surface area contributed by atoms with Gasteiger partial charge in [-0.05, 0) is 61.5 Å². The first-order valence-electron chi connectivity index (χ1n) is 12.1. The number of hydrogen-bond acceptors (Lipinski definition) is 3. The van der Waals surface area contributed by atoms with Crippen LogP contribution in [0.3, 0.4) is 0 Å². The number of allylic oxidation sites excluding steroid dienone is 4. The SMILES string of the molecule is COCCn1c(=O)[nH]c(C2CCC(C3C=CC=CC3)CC2)c(Cc2cccc(C(F)(F)F)c2)c1=O. The molecule has 1 heterocycles. The molecule has 1 N–H and O–H groups in total. The van der Waals surface area contributed by atoms with Crippen molar-refractivity contribution in [1.82, 2.24) is 9.55 Å². The normalized spacial score (nSPS) is 22.5. The lowest BCUT2D eigenvalue weighted by atomic mass is 9.72. The molecule has 1 atom stereocenters. The number of hydrogen-bond donors (Lipinski definition) is 1. The summed E-state index contributed by atoms with van der Waals surface area (Å²) in [6.45, 7) is 0.259. The molecule has 1 unspecified atom stereocenters. The van der Waals surface area contributed by atoms with Crippen LogP contribution in [0.2, 0.25) is 0 Å². The Labute approximate surface area is 202 Å². The standard InChI is InChI=1S/C27H31F3N2O3/c1-35-15-14-32-25(33)23(17-18-6-5-9-22(16-18)27(28,29)30)24(31-26(32)34)21-12-10-20(11-13-21)19-7-3-2-4-8-19/h2-7,9,16,19-21H,8,10-15,17H2,1H3,(H,31,34). The minimum atomic E-state index is -4.47. The van der Waals surface area contributed by atoms with Crippen LogP contribution in [0.5, 0.6) is 0 Å². The minimum Gasteiger partial charge on any atom is -0.383 e. The summed E-state index contributed by atoms with van der Waals surface area (Å²) < 4.78 is 45.9.